The third kappa shape index (κ3) is 6.50. The van der Waals surface area contributed by atoms with Crippen LogP contribution in [-0.4, -0.2) is 70.7 Å². The zero-order valence-electron chi connectivity index (χ0n) is 16.5. The molecule has 2 amide bonds. The van der Waals surface area contributed by atoms with E-state index in [-0.39, 0.29) is 11.8 Å². The molecular weight excluding hydrogens is 404 g/mol. The van der Waals surface area contributed by atoms with Crippen molar-refractivity contribution in [3.05, 3.63) is 53.0 Å². The Labute approximate surface area is 181 Å². The van der Waals surface area contributed by atoms with E-state index in [9.17, 15) is 9.59 Å². The van der Waals surface area contributed by atoms with Crippen LogP contribution in [0.25, 0.3) is 6.08 Å². The Morgan fingerprint density at radius 2 is 1.93 bits per heavy atom. The summed E-state index contributed by atoms with van der Waals surface area (Å²) in [6.07, 6.45) is 6.57. The number of carbonyl (C=O) groups is 2. The lowest BCUT2D eigenvalue weighted by molar-refractivity contribution is -0.127. The van der Waals surface area contributed by atoms with E-state index >= 15 is 0 Å². The highest BCUT2D eigenvalue weighted by atomic mass is 32.2. The molecule has 1 aromatic carbocycles. The van der Waals surface area contributed by atoms with Crippen LogP contribution >= 0.6 is 24.0 Å². The number of piperazine rings is 1. The summed E-state index contributed by atoms with van der Waals surface area (Å²) < 4.78 is 0.550. The number of rotatable bonds is 7. The van der Waals surface area contributed by atoms with Crippen LogP contribution in [0, 0.1) is 0 Å². The van der Waals surface area contributed by atoms with Crippen molar-refractivity contribution in [2.45, 2.75) is 12.8 Å². The van der Waals surface area contributed by atoms with Crippen molar-refractivity contribution < 1.29 is 9.59 Å². The van der Waals surface area contributed by atoms with Crippen molar-refractivity contribution in [1.29, 1.82) is 0 Å². The number of nitrogens with zero attached hydrogens (tertiary/aromatic N) is 3. The highest BCUT2D eigenvalue weighted by Gasteiger charge is 2.31. The number of amides is 2. The van der Waals surface area contributed by atoms with Crippen molar-refractivity contribution in [3.8, 4) is 0 Å². The summed E-state index contributed by atoms with van der Waals surface area (Å²) in [6, 6.07) is 9.91. The molecule has 0 unspecified atom stereocenters. The van der Waals surface area contributed by atoms with Crippen LogP contribution < -0.4 is 5.43 Å². The van der Waals surface area contributed by atoms with Crippen LogP contribution in [0.2, 0.25) is 0 Å². The molecule has 6 nitrogen and oxygen atoms in total. The number of allylic oxidation sites excluding steroid dienone is 2. The molecule has 2 saturated heterocycles. The molecule has 2 fully saturated rings. The molecule has 154 valence electrons. The van der Waals surface area contributed by atoms with Gasteiger partial charge in [0.05, 0.1) is 4.91 Å². The van der Waals surface area contributed by atoms with Gasteiger partial charge < -0.3 is 4.90 Å². The second-order valence-electron chi connectivity index (χ2n) is 7.05. The van der Waals surface area contributed by atoms with Gasteiger partial charge in [-0.25, -0.2) is 5.01 Å². The van der Waals surface area contributed by atoms with Gasteiger partial charge in [-0.1, -0.05) is 66.5 Å². The van der Waals surface area contributed by atoms with E-state index in [4.69, 9.17) is 12.2 Å². The van der Waals surface area contributed by atoms with Crippen LogP contribution in [0.4, 0.5) is 0 Å². The molecule has 0 aromatic heterocycles. The molecule has 1 N–H and O–H groups in total. The first-order valence-electron chi connectivity index (χ1n) is 9.73. The maximum Gasteiger partial charge on any atom is 0.266 e. The molecule has 8 heteroatoms. The molecule has 0 bridgehead atoms. The minimum Gasteiger partial charge on any atom is -0.304 e. The van der Waals surface area contributed by atoms with E-state index in [1.165, 1.54) is 11.8 Å². The molecule has 29 heavy (non-hydrogen) atoms. The second-order valence-corrected chi connectivity index (χ2v) is 8.73. The topological polar surface area (TPSA) is 55.9 Å². The van der Waals surface area contributed by atoms with Crippen molar-refractivity contribution in [2.24, 2.45) is 0 Å². The van der Waals surface area contributed by atoms with Crippen LogP contribution in [-0.2, 0) is 9.59 Å². The Morgan fingerprint density at radius 1 is 1.21 bits per heavy atom. The smallest absolute Gasteiger partial charge is 0.266 e. The van der Waals surface area contributed by atoms with Gasteiger partial charge in [0.2, 0.25) is 5.91 Å². The van der Waals surface area contributed by atoms with Gasteiger partial charge in [0.1, 0.15) is 4.32 Å². The molecular formula is C21H26N4O2S2. The molecule has 1 aromatic rings. The van der Waals surface area contributed by atoms with E-state index < -0.39 is 0 Å². The van der Waals surface area contributed by atoms with Gasteiger partial charge in [-0.2, -0.15) is 0 Å². The Morgan fingerprint density at radius 3 is 2.66 bits per heavy atom. The molecule has 0 radical (unpaired) electrons. The van der Waals surface area contributed by atoms with Crippen LogP contribution in [0.1, 0.15) is 18.4 Å². The van der Waals surface area contributed by atoms with Crippen molar-refractivity contribution in [2.75, 3.05) is 39.8 Å². The van der Waals surface area contributed by atoms with E-state index in [2.05, 4.69) is 17.4 Å². The number of thiocarbonyl (C=S) groups is 1. The van der Waals surface area contributed by atoms with E-state index in [1.54, 1.807) is 11.0 Å². The monoisotopic (exact) mass is 430 g/mol. The average Bonchev–Trinajstić information content (AvgIpc) is 2.98. The normalized spacial score (nSPS) is 20.2. The lowest BCUT2D eigenvalue weighted by Gasteiger charge is -2.32. The third-order valence-electron chi connectivity index (χ3n) is 4.78. The molecule has 0 spiro atoms. The predicted molar refractivity (Wildman–Crippen MR) is 122 cm³/mol. The van der Waals surface area contributed by atoms with Gasteiger partial charge >= 0.3 is 0 Å². The quantitative estimate of drug-likeness (QED) is 0.530. The minimum atomic E-state index is -0.0859. The second kappa shape index (κ2) is 10.7. The lowest BCUT2D eigenvalue weighted by Crippen LogP contribution is -2.52. The number of thioether (sulfide) groups is 1. The SMILES string of the molecule is CN1CCN(NC(=O)CCCN2C(=O)C(=CC=Cc3ccccc3)SC2=S)CC1. The largest absolute Gasteiger partial charge is 0.304 e. The number of nitrogens with one attached hydrogen (secondary N) is 1. The fraction of sp³-hybridized carbons (Fsp3) is 0.381. The Bertz CT molecular complexity index is 802. The summed E-state index contributed by atoms with van der Waals surface area (Å²) in [5.41, 5.74) is 4.02. The van der Waals surface area contributed by atoms with Gasteiger partial charge in [-0.05, 0) is 25.1 Å². The third-order valence-corrected chi connectivity index (χ3v) is 6.18. The number of hydrogen-bond donors (Lipinski definition) is 1. The first kappa shape index (κ1) is 21.7. The standard InChI is InChI=1S/C21H26N4O2S2/c1-23-13-15-24(16-14-23)22-19(26)11-6-12-25-20(27)18(29-21(25)28)10-5-9-17-7-3-2-4-8-17/h2-5,7-10H,6,11-16H2,1H3,(H,22,26). The maximum atomic E-state index is 12.6. The highest BCUT2D eigenvalue weighted by molar-refractivity contribution is 8.26. The molecule has 3 rings (SSSR count). The number of benzene rings is 1. The molecule has 2 aliphatic heterocycles. The highest BCUT2D eigenvalue weighted by Crippen LogP contribution is 2.31. The van der Waals surface area contributed by atoms with Crippen LogP contribution in [0.3, 0.4) is 0 Å². The molecule has 0 aliphatic carbocycles. The minimum absolute atomic E-state index is 0.0127. The zero-order chi connectivity index (χ0) is 20.6. The maximum absolute atomic E-state index is 12.6. The van der Waals surface area contributed by atoms with Gasteiger partial charge in [0, 0.05) is 39.1 Å². The van der Waals surface area contributed by atoms with Gasteiger partial charge in [-0.3, -0.25) is 19.9 Å². The molecule has 0 atom stereocenters. The van der Waals surface area contributed by atoms with E-state index in [0.29, 0.717) is 28.6 Å². The summed E-state index contributed by atoms with van der Waals surface area (Å²) in [6.45, 7) is 4.01. The first-order valence-corrected chi connectivity index (χ1v) is 11.0. The summed E-state index contributed by atoms with van der Waals surface area (Å²) in [7, 11) is 2.08. The van der Waals surface area contributed by atoms with Gasteiger partial charge in [0.15, 0.2) is 0 Å². The van der Waals surface area contributed by atoms with Crippen molar-refractivity contribution >= 4 is 46.2 Å². The van der Waals surface area contributed by atoms with E-state index in [1.807, 2.05) is 47.5 Å². The Kier molecular flexibility index (Phi) is 8.00. The number of hydrazine groups is 1. The zero-order valence-corrected chi connectivity index (χ0v) is 18.2. The number of hydrogen-bond acceptors (Lipinski definition) is 6. The predicted octanol–water partition coefficient (Wildman–Crippen LogP) is 2.50. The average molecular weight is 431 g/mol. The van der Waals surface area contributed by atoms with Crippen LogP contribution in [0.15, 0.2) is 47.4 Å². The van der Waals surface area contributed by atoms with Gasteiger partial charge in [0.25, 0.3) is 5.91 Å². The van der Waals surface area contributed by atoms with Crippen molar-refractivity contribution in [3.63, 3.8) is 0 Å². The van der Waals surface area contributed by atoms with Gasteiger partial charge in [-0.15, -0.1) is 0 Å². The summed E-state index contributed by atoms with van der Waals surface area (Å²) in [4.78, 5) is 29.2. The van der Waals surface area contributed by atoms with Crippen LogP contribution in [0.5, 0.6) is 0 Å². The molecule has 2 heterocycles. The summed E-state index contributed by atoms with van der Waals surface area (Å²) >= 11 is 6.66. The number of likely N-dealkylation sites (N-methyl/N-ethyl adjacent to an activating group) is 1. The lowest BCUT2D eigenvalue weighted by atomic mass is 10.2. The summed E-state index contributed by atoms with van der Waals surface area (Å²) in [5, 5.41) is 1.96. The number of carbonyl (C=O) groups excluding carboxylic acids is 2. The Hall–Kier alpha value is -2.00. The molecule has 0 saturated carbocycles. The van der Waals surface area contributed by atoms with Crippen molar-refractivity contribution in [1.82, 2.24) is 20.2 Å². The fourth-order valence-electron chi connectivity index (χ4n) is 3.07. The summed E-state index contributed by atoms with van der Waals surface area (Å²) in [5.74, 6) is -0.0986. The fourth-order valence-corrected chi connectivity index (χ4v) is 4.33. The first-order chi connectivity index (χ1) is 14.0. The molecule has 2 aliphatic rings. The van der Waals surface area contributed by atoms with E-state index in [0.717, 1.165) is 31.7 Å². The Balaban J connectivity index is 1.43.